The highest BCUT2D eigenvalue weighted by molar-refractivity contribution is 5.86. The quantitative estimate of drug-likeness (QED) is 0.217. The number of carbonyl (C=O) groups excluding carboxylic acids is 3. The number of nitrogens with one attached hydrogen (secondary N) is 1. The minimum atomic E-state index is -0.604. The summed E-state index contributed by atoms with van der Waals surface area (Å²) in [5.41, 5.74) is 2.06. The Morgan fingerprint density at radius 2 is 1.63 bits per heavy atom. The topological polar surface area (TPSA) is 95.9 Å². The predicted molar refractivity (Wildman–Crippen MR) is 161 cm³/mol. The van der Waals surface area contributed by atoms with Crippen molar-refractivity contribution in [2.75, 3.05) is 19.8 Å². The van der Waals surface area contributed by atoms with Crippen LogP contribution in [0.5, 0.6) is 0 Å². The van der Waals surface area contributed by atoms with Gasteiger partial charge in [-0.05, 0) is 56.1 Å². The van der Waals surface area contributed by atoms with Crippen molar-refractivity contribution < 1.29 is 24.2 Å². The average molecular weight is 561 g/mol. The summed E-state index contributed by atoms with van der Waals surface area (Å²) >= 11 is 0. The van der Waals surface area contributed by atoms with E-state index in [1.165, 1.54) is 0 Å². The Labute approximate surface area is 244 Å². The number of nitrogens with zero attached hydrogens (tertiary/aromatic N) is 1. The third-order valence-electron chi connectivity index (χ3n) is 7.63. The van der Waals surface area contributed by atoms with Gasteiger partial charge in [0.2, 0.25) is 11.8 Å². The molecule has 0 saturated carbocycles. The summed E-state index contributed by atoms with van der Waals surface area (Å²) in [6.45, 7) is 8.11. The summed E-state index contributed by atoms with van der Waals surface area (Å²) in [5.74, 6) is -1.64. The van der Waals surface area contributed by atoms with Gasteiger partial charge in [-0.15, -0.1) is 13.2 Å². The maximum Gasteiger partial charge on any atom is 0.309 e. The Hall–Kier alpha value is -3.71. The molecule has 2 amide bonds. The lowest BCUT2D eigenvalue weighted by molar-refractivity contribution is -0.150. The summed E-state index contributed by atoms with van der Waals surface area (Å²) in [7, 11) is 0. The van der Waals surface area contributed by atoms with Gasteiger partial charge >= 0.3 is 5.97 Å². The smallest absolute Gasteiger partial charge is 0.309 e. The van der Waals surface area contributed by atoms with Crippen molar-refractivity contribution in [3.8, 4) is 0 Å². The number of aliphatic hydroxyl groups is 1. The van der Waals surface area contributed by atoms with E-state index in [4.69, 9.17) is 4.74 Å². The number of likely N-dealkylation sites (tertiary alicyclic amines) is 1. The van der Waals surface area contributed by atoms with Crippen LogP contribution in [0.1, 0.15) is 49.7 Å². The third-order valence-corrected chi connectivity index (χ3v) is 7.63. The Morgan fingerprint density at radius 3 is 2.24 bits per heavy atom. The lowest BCUT2D eigenvalue weighted by Gasteiger charge is -2.26. The number of rotatable bonds is 17. The zero-order chi connectivity index (χ0) is 29.5. The molecule has 220 valence electrons. The standard InChI is InChI=1S/C34H44N2O5/c1-3-5-18-29(21-26-14-8-6-9-15-26)34(40)41-25-30(22-27-16-10-7-11-17-27)35-33(39)28(13-4-2)23-32(38)36-20-12-19-31(36)24-37/h3-4,6-11,14-17,28-31,37H,1-2,5,12-13,18-25H2,(H,35,39)/t28-,29-,30-,31+/m1/s1. The number of esters is 1. The van der Waals surface area contributed by atoms with Crippen LogP contribution in [0.4, 0.5) is 0 Å². The van der Waals surface area contributed by atoms with Crippen molar-refractivity contribution in [1.29, 1.82) is 0 Å². The average Bonchev–Trinajstić information content (AvgIpc) is 3.48. The van der Waals surface area contributed by atoms with Crippen LogP contribution in [0, 0.1) is 11.8 Å². The molecule has 7 heteroatoms. The van der Waals surface area contributed by atoms with Crippen LogP contribution in [0.15, 0.2) is 86.0 Å². The molecule has 1 aliphatic heterocycles. The van der Waals surface area contributed by atoms with E-state index in [9.17, 15) is 19.5 Å². The summed E-state index contributed by atoms with van der Waals surface area (Å²) < 4.78 is 5.83. The number of benzene rings is 2. The Morgan fingerprint density at radius 1 is 0.976 bits per heavy atom. The van der Waals surface area contributed by atoms with Gasteiger partial charge in [-0.2, -0.15) is 0 Å². The Bertz CT molecular complexity index is 1120. The number of aliphatic hydroxyl groups excluding tert-OH is 1. The summed E-state index contributed by atoms with van der Waals surface area (Å²) in [6, 6.07) is 18.9. The van der Waals surface area contributed by atoms with Gasteiger partial charge in [0.15, 0.2) is 0 Å². The van der Waals surface area contributed by atoms with Crippen LogP contribution in [0.3, 0.4) is 0 Å². The molecule has 0 aliphatic carbocycles. The van der Waals surface area contributed by atoms with Gasteiger partial charge in [0.1, 0.15) is 6.61 Å². The van der Waals surface area contributed by atoms with Crippen molar-refractivity contribution in [3.05, 3.63) is 97.1 Å². The normalized spacial score (nSPS) is 16.8. The SMILES string of the molecule is C=CCC[C@H](Cc1ccccc1)C(=O)OC[C@@H](Cc1ccccc1)NC(=O)[C@H](CC=C)CC(=O)N1CCC[C@H]1CO. The molecule has 41 heavy (non-hydrogen) atoms. The largest absolute Gasteiger partial charge is 0.463 e. The minimum absolute atomic E-state index is 0.0202. The molecule has 1 fully saturated rings. The fraction of sp³-hybridized carbons (Fsp3) is 0.441. The summed E-state index contributed by atoms with van der Waals surface area (Å²) in [5, 5.41) is 12.7. The fourth-order valence-electron chi connectivity index (χ4n) is 5.36. The van der Waals surface area contributed by atoms with Crippen molar-refractivity contribution in [2.24, 2.45) is 11.8 Å². The van der Waals surface area contributed by atoms with Crippen molar-refractivity contribution >= 4 is 17.8 Å². The molecular weight excluding hydrogens is 516 g/mol. The number of hydrogen-bond acceptors (Lipinski definition) is 5. The summed E-state index contributed by atoms with van der Waals surface area (Å²) in [6.07, 6.45) is 7.80. The van der Waals surface area contributed by atoms with E-state index >= 15 is 0 Å². The first kappa shape index (κ1) is 31.8. The van der Waals surface area contributed by atoms with E-state index in [0.29, 0.717) is 38.6 Å². The Kier molecular flexibility index (Phi) is 13.3. The molecule has 3 rings (SSSR count). The molecule has 4 atom stereocenters. The fourth-order valence-corrected chi connectivity index (χ4v) is 5.36. The zero-order valence-corrected chi connectivity index (χ0v) is 24.0. The molecule has 1 saturated heterocycles. The van der Waals surface area contributed by atoms with Crippen LogP contribution in [-0.2, 0) is 32.0 Å². The molecule has 2 aromatic rings. The Balaban J connectivity index is 1.68. The monoisotopic (exact) mass is 560 g/mol. The number of hydrogen-bond donors (Lipinski definition) is 2. The second-order valence-corrected chi connectivity index (χ2v) is 10.8. The first-order chi connectivity index (χ1) is 19.9. The number of ether oxygens (including phenoxy) is 1. The maximum atomic E-state index is 13.5. The number of amides is 2. The van der Waals surface area contributed by atoms with E-state index in [1.807, 2.05) is 60.7 Å². The van der Waals surface area contributed by atoms with Crippen molar-refractivity contribution in [2.45, 2.75) is 63.5 Å². The van der Waals surface area contributed by atoms with E-state index in [-0.39, 0.29) is 49.4 Å². The molecular formula is C34H44N2O5. The van der Waals surface area contributed by atoms with E-state index in [0.717, 1.165) is 24.0 Å². The maximum absolute atomic E-state index is 13.5. The first-order valence-corrected chi connectivity index (χ1v) is 14.6. The van der Waals surface area contributed by atoms with Crippen LogP contribution in [0.25, 0.3) is 0 Å². The lowest BCUT2D eigenvalue weighted by Crippen LogP contribution is -2.45. The molecule has 2 N–H and O–H groups in total. The first-order valence-electron chi connectivity index (χ1n) is 14.6. The molecule has 0 unspecified atom stereocenters. The molecule has 2 aromatic carbocycles. The van der Waals surface area contributed by atoms with Crippen molar-refractivity contribution in [3.63, 3.8) is 0 Å². The summed E-state index contributed by atoms with van der Waals surface area (Å²) in [4.78, 5) is 41.4. The predicted octanol–water partition coefficient (Wildman–Crippen LogP) is 4.65. The molecule has 0 radical (unpaired) electrons. The van der Waals surface area contributed by atoms with Gasteiger partial charge in [-0.1, -0.05) is 72.8 Å². The van der Waals surface area contributed by atoms with Gasteiger partial charge in [-0.3, -0.25) is 14.4 Å². The van der Waals surface area contributed by atoms with Crippen LogP contribution in [-0.4, -0.2) is 59.6 Å². The van der Waals surface area contributed by atoms with Gasteiger partial charge in [0, 0.05) is 13.0 Å². The van der Waals surface area contributed by atoms with E-state index in [1.54, 1.807) is 17.1 Å². The number of carbonyl (C=O) groups is 3. The highest BCUT2D eigenvalue weighted by Crippen LogP contribution is 2.21. The van der Waals surface area contributed by atoms with Gasteiger partial charge < -0.3 is 20.1 Å². The highest BCUT2D eigenvalue weighted by atomic mass is 16.5. The molecule has 0 aromatic heterocycles. The molecule has 0 spiro atoms. The van der Waals surface area contributed by atoms with Crippen LogP contribution < -0.4 is 5.32 Å². The molecule has 1 aliphatic rings. The lowest BCUT2D eigenvalue weighted by atomic mass is 9.95. The second-order valence-electron chi connectivity index (χ2n) is 10.8. The van der Waals surface area contributed by atoms with E-state index < -0.39 is 12.0 Å². The van der Waals surface area contributed by atoms with Gasteiger partial charge in [0.05, 0.1) is 30.5 Å². The highest BCUT2D eigenvalue weighted by Gasteiger charge is 2.32. The van der Waals surface area contributed by atoms with Crippen molar-refractivity contribution in [1.82, 2.24) is 10.2 Å². The minimum Gasteiger partial charge on any atom is -0.463 e. The number of allylic oxidation sites excluding steroid dienone is 2. The van der Waals surface area contributed by atoms with Gasteiger partial charge in [0.25, 0.3) is 0 Å². The second kappa shape index (κ2) is 17.2. The van der Waals surface area contributed by atoms with Crippen LogP contribution >= 0.6 is 0 Å². The van der Waals surface area contributed by atoms with Crippen LogP contribution in [0.2, 0.25) is 0 Å². The molecule has 0 bridgehead atoms. The molecule has 7 nitrogen and oxygen atoms in total. The zero-order valence-electron chi connectivity index (χ0n) is 24.0. The van der Waals surface area contributed by atoms with Gasteiger partial charge in [-0.25, -0.2) is 0 Å². The van der Waals surface area contributed by atoms with E-state index in [2.05, 4.69) is 18.5 Å². The molecule has 1 heterocycles. The third kappa shape index (κ3) is 10.3.